The average Bonchev–Trinajstić information content (AvgIpc) is 2.74. The summed E-state index contributed by atoms with van der Waals surface area (Å²) in [6.45, 7) is 7.33. The van der Waals surface area contributed by atoms with Crippen molar-refractivity contribution in [1.29, 1.82) is 0 Å². The minimum Gasteiger partial charge on any atom is -0.375 e. The number of carbonyl (C=O) groups is 1. The summed E-state index contributed by atoms with van der Waals surface area (Å²) >= 11 is 0. The molecule has 3 atom stereocenters. The fourth-order valence-electron chi connectivity index (χ4n) is 2.31. The van der Waals surface area contributed by atoms with Gasteiger partial charge < -0.3 is 15.0 Å². The van der Waals surface area contributed by atoms with Gasteiger partial charge in [-0.2, -0.15) is 0 Å². The summed E-state index contributed by atoms with van der Waals surface area (Å²) in [7, 11) is 0. The van der Waals surface area contributed by atoms with Gasteiger partial charge in [0.25, 0.3) is 0 Å². The Morgan fingerprint density at radius 2 is 2.27 bits per heavy atom. The van der Waals surface area contributed by atoms with Crippen LogP contribution in [0.1, 0.15) is 20.3 Å². The summed E-state index contributed by atoms with van der Waals surface area (Å²) < 4.78 is 5.52. The summed E-state index contributed by atoms with van der Waals surface area (Å²) in [5.41, 5.74) is 0. The van der Waals surface area contributed by atoms with Crippen LogP contribution < -0.4 is 5.32 Å². The van der Waals surface area contributed by atoms with Gasteiger partial charge in [-0.05, 0) is 26.8 Å². The lowest BCUT2D eigenvalue weighted by Gasteiger charge is -2.38. The predicted molar refractivity (Wildman–Crippen MR) is 57.6 cm³/mol. The highest BCUT2D eigenvalue weighted by Crippen LogP contribution is 2.18. The number of amides is 1. The van der Waals surface area contributed by atoms with Crippen LogP contribution in [0.2, 0.25) is 0 Å². The third-order valence-electron chi connectivity index (χ3n) is 3.30. The molecule has 2 heterocycles. The first-order valence-corrected chi connectivity index (χ1v) is 5.81. The van der Waals surface area contributed by atoms with Gasteiger partial charge in [-0.25, -0.2) is 0 Å². The lowest BCUT2D eigenvalue weighted by molar-refractivity contribution is -0.146. The number of ether oxygens (including phenoxy) is 1. The normalized spacial score (nSPS) is 36.9. The third kappa shape index (κ3) is 2.32. The van der Waals surface area contributed by atoms with Crippen molar-refractivity contribution in [2.24, 2.45) is 5.92 Å². The van der Waals surface area contributed by atoms with Crippen molar-refractivity contribution in [2.75, 3.05) is 26.2 Å². The Kier molecular flexibility index (Phi) is 3.26. The fraction of sp³-hybridized carbons (Fsp3) is 0.909. The first-order chi connectivity index (χ1) is 7.18. The van der Waals surface area contributed by atoms with Crippen LogP contribution in [0.25, 0.3) is 0 Å². The molecule has 1 N–H and O–H groups in total. The minimum atomic E-state index is 0.180. The van der Waals surface area contributed by atoms with E-state index in [0.717, 1.165) is 26.1 Å². The molecule has 0 aromatic rings. The number of carbonyl (C=O) groups excluding carboxylic acids is 1. The SMILES string of the molecule is CC1CN(C(=O)C2CCNC2)C(C)CO1. The van der Waals surface area contributed by atoms with Crippen LogP contribution in [0.15, 0.2) is 0 Å². The molecule has 4 heteroatoms. The van der Waals surface area contributed by atoms with E-state index in [9.17, 15) is 4.79 Å². The highest BCUT2D eigenvalue weighted by Gasteiger charge is 2.33. The molecule has 0 aromatic heterocycles. The monoisotopic (exact) mass is 212 g/mol. The van der Waals surface area contributed by atoms with Gasteiger partial charge in [-0.15, -0.1) is 0 Å². The maximum Gasteiger partial charge on any atom is 0.227 e. The minimum absolute atomic E-state index is 0.180. The van der Waals surface area contributed by atoms with Gasteiger partial charge in [0.05, 0.1) is 24.7 Å². The van der Waals surface area contributed by atoms with Gasteiger partial charge in [0, 0.05) is 13.1 Å². The van der Waals surface area contributed by atoms with E-state index in [4.69, 9.17) is 4.74 Å². The molecule has 0 saturated carbocycles. The zero-order chi connectivity index (χ0) is 10.8. The van der Waals surface area contributed by atoms with Crippen molar-refractivity contribution in [2.45, 2.75) is 32.4 Å². The van der Waals surface area contributed by atoms with Gasteiger partial charge in [0.2, 0.25) is 5.91 Å². The second-order valence-corrected chi connectivity index (χ2v) is 4.67. The van der Waals surface area contributed by atoms with Crippen LogP contribution in [-0.4, -0.2) is 49.2 Å². The molecule has 0 spiro atoms. The number of nitrogens with one attached hydrogen (secondary N) is 1. The number of nitrogens with zero attached hydrogens (tertiary/aromatic N) is 1. The van der Waals surface area contributed by atoms with E-state index < -0.39 is 0 Å². The largest absolute Gasteiger partial charge is 0.375 e. The Morgan fingerprint density at radius 3 is 2.93 bits per heavy atom. The molecule has 1 amide bonds. The smallest absolute Gasteiger partial charge is 0.227 e. The van der Waals surface area contributed by atoms with Gasteiger partial charge in [-0.3, -0.25) is 4.79 Å². The number of hydrogen-bond acceptors (Lipinski definition) is 3. The summed E-state index contributed by atoms with van der Waals surface area (Å²) in [5, 5.41) is 3.24. The Bertz CT molecular complexity index is 239. The fourth-order valence-corrected chi connectivity index (χ4v) is 2.31. The number of rotatable bonds is 1. The third-order valence-corrected chi connectivity index (χ3v) is 3.30. The lowest BCUT2D eigenvalue weighted by atomic mass is 10.1. The average molecular weight is 212 g/mol. The second-order valence-electron chi connectivity index (χ2n) is 4.67. The van der Waals surface area contributed by atoms with Crippen LogP contribution in [0.4, 0.5) is 0 Å². The maximum atomic E-state index is 12.2. The van der Waals surface area contributed by atoms with Gasteiger partial charge in [0.15, 0.2) is 0 Å². The molecule has 4 nitrogen and oxygen atoms in total. The molecule has 86 valence electrons. The molecular formula is C11H20N2O2. The van der Waals surface area contributed by atoms with Crippen LogP contribution >= 0.6 is 0 Å². The summed E-state index contributed by atoms with van der Waals surface area (Å²) in [6.07, 6.45) is 1.16. The van der Waals surface area contributed by atoms with E-state index in [1.165, 1.54) is 0 Å². The molecule has 2 rings (SSSR count). The Morgan fingerprint density at radius 1 is 1.47 bits per heavy atom. The van der Waals surface area contributed by atoms with Gasteiger partial charge in [0.1, 0.15) is 0 Å². The Labute approximate surface area is 91.0 Å². The first kappa shape index (κ1) is 10.9. The van der Waals surface area contributed by atoms with Crippen LogP contribution in [0.5, 0.6) is 0 Å². The van der Waals surface area contributed by atoms with E-state index in [2.05, 4.69) is 12.2 Å². The molecule has 0 radical (unpaired) electrons. The molecule has 2 saturated heterocycles. The molecule has 2 fully saturated rings. The number of morpholine rings is 1. The highest BCUT2D eigenvalue weighted by atomic mass is 16.5. The first-order valence-electron chi connectivity index (χ1n) is 5.81. The molecule has 15 heavy (non-hydrogen) atoms. The molecular weight excluding hydrogens is 192 g/mol. The molecule has 0 aromatic carbocycles. The molecule has 0 bridgehead atoms. The zero-order valence-electron chi connectivity index (χ0n) is 9.53. The maximum absolute atomic E-state index is 12.2. The van der Waals surface area contributed by atoms with Crippen molar-refractivity contribution in [1.82, 2.24) is 10.2 Å². The Balaban J connectivity index is 1.97. The van der Waals surface area contributed by atoms with Crippen molar-refractivity contribution in [3.63, 3.8) is 0 Å². The van der Waals surface area contributed by atoms with Gasteiger partial charge >= 0.3 is 0 Å². The van der Waals surface area contributed by atoms with Crippen LogP contribution in [-0.2, 0) is 9.53 Å². The molecule has 3 unspecified atom stereocenters. The van der Waals surface area contributed by atoms with Crippen molar-refractivity contribution in [3.05, 3.63) is 0 Å². The molecule has 2 aliphatic heterocycles. The van der Waals surface area contributed by atoms with E-state index in [1.54, 1.807) is 0 Å². The van der Waals surface area contributed by atoms with Crippen molar-refractivity contribution >= 4 is 5.91 Å². The van der Waals surface area contributed by atoms with E-state index in [1.807, 2.05) is 11.8 Å². The second kappa shape index (κ2) is 4.49. The van der Waals surface area contributed by atoms with E-state index >= 15 is 0 Å². The predicted octanol–water partition coefficient (Wildman–Crippen LogP) is 0.232. The van der Waals surface area contributed by atoms with Crippen molar-refractivity contribution in [3.8, 4) is 0 Å². The number of hydrogen-bond donors (Lipinski definition) is 1. The zero-order valence-corrected chi connectivity index (χ0v) is 9.53. The van der Waals surface area contributed by atoms with Gasteiger partial charge in [-0.1, -0.05) is 0 Å². The van der Waals surface area contributed by atoms with Crippen LogP contribution in [0.3, 0.4) is 0 Å². The topological polar surface area (TPSA) is 41.6 Å². The highest BCUT2D eigenvalue weighted by molar-refractivity contribution is 5.79. The summed E-state index contributed by atoms with van der Waals surface area (Å²) in [5.74, 6) is 0.500. The van der Waals surface area contributed by atoms with Crippen molar-refractivity contribution < 1.29 is 9.53 Å². The quantitative estimate of drug-likeness (QED) is 0.676. The molecule has 0 aliphatic carbocycles. The Hall–Kier alpha value is -0.610. The van der Waals surface area contributed by atoms with Crippen LogP contribution in [0, 0.1) is 5.92 Å². The lowest BCUT2D eigenvalue weighted by Crippen LogP contribution is -2.52. The van der Waals surface area contributed by atoms with E-state index in [0.29, 0.717) is 12.5 Å². The molecule has 2 aliphatic rings. The summed E-state index contributed by atoms with van der Waals surface area (Å²) in [6, 6.07) is 0.231. The standard InChI is InChI=1S/C11H20N2O2/c1-8-7-15-9(2)6-13(8)11(14)10-3-4-12-5-10/h8-10,12H,3-7H2,1-2H3. The van der Waals surface area contributed by atoms with E-state index in [-0.39, 0.29) is 18.1 Å². The summed E-state index contributed by atoms with van der Waals surface area (Å²) in [4.78, 5) is 14.2.